The number of alkyl halides is 3. The van der Waals surface area contributed by atoms with Crippen LogP contribution in [0.1, 0.15) is 62.0 Å². The first kappa shape index (κ1) is 27.7. The summed E-state index contributed by atoms with van der Waals surface area (Å²) in [5, 5.41) is 14.2. The number of fused-ring (bicyclic) bond motifs is 1. The third-order valence-electron chi connectivity index (χ3n) is 6.83. The number of carbonyl (C=O) groups is 2. The third-order valence-corrected chi connectivity index (χ3v) is 7.14. The molecule has 206 valence electrons. The third kappa shape index (κ3) is 4.93. The van der Waals surface area contributed by atoms with Gasteiger partial charge in [-0.15, -0.1) is 0 Å². The molecule has 0 spiro atoms. The van der Waals surface area contributed by atoms with Gasteiger partial charge in [-0.2, -0.15) is 23.0 Å². The molecule has 0 saturated carbocycles. The zero-order chi connectivity index (χ0) is 28.8. The van der Waals surface area contributed by atoms with Crippen molar-refractivity contribution in [3.8, 4) is 11.3 Å². The van der Waals surface area contributed by atoms with Crippen molar-refractivity contribution in [2.24, 2.45) is 0 Å². The fourth-order valence-corrected chi connectivity index (χ4v) is 5.20. The zero-order valence-corrected chi connectivity index (χ0v) is 21.4. The fourth-order valence-electron chi connectivity index (χ4n) is 4.94. The molecular weight excluding hydrogens is 555 g/mol. The molecule has 1 aromatic heterocycles. The van der Waals surface area contributed by atoms with Crippen LogP contribution in [0.3, 0.4) is 0 Å². The van der Waals surface area contributed by atoms with Crippen molar-refractivity contribution in [2.45, 2.75) is 38.0 Å². The molecule has 1 heterocycles. The number of nitrogens with zero attached hydrogens (tertiary/aromatic N) is 2. The summed E-state index contributed by atoms with van der Waals surface area (Å²) in [5.41, 5.74) is -2.57. The summed E-state index contributed by atoms with van der Waals surface area (Å²) in [6, 6.07) is 12.2. The summed E-state index contributed by atoms with van der Waals surface area (Å²) in [7, 11) is 0. The van der Waals surface area contributed by atoms with E-state index in [1.807, 2.05) is 0 Å². The van der Waals surface area contributed by atoms with Gasteiger partial charge in [-0.05, 0) is 55.5 Å². The number of halogens is 6. The lowest BCUT2D eigenvalue weighted by Crippen LogP contribution is -2.22. The molecule has 4 aromatic rings. The smallest absolute Gasteiger partial charge is 0.380 e. The number of carbonyl (C=O) groups excluding carboxylic acids is 2. The van der Waals surface area contributed by atoms with Crippen molar-refractivity contribution < 1.29 is 36.6 Å². The van der Waals surface area contributed by atoms with Gasteiger partial charge in [-0.1, -0.05) is 48.0 Å². The van der Waals surface area contributed by atoms with Gasteiger partial charge in [-0.25, -0.2) is 8.78 Å². The molecule has 11 heteroatoms. The molecule has 0 saturated heterocycles. The van der Waals surface area contributed by atoms with Crippen molar-refractivity contribution in [3.63, 3.8) is 0 Å². The van der Waals surface area contributed by atoms with E-state index >= 15 is 8.78 Å². The molecule has 1 N–H and O–H groups in total. The highest BCUT2D eigenvalue weighted by atomic mass is 35.5. The van der Waals surface area contributed by atoms with Gasteiger partial charge in [0.15, 0.2) is 5.78 Å². The number of benzene rings is 3. The van der Waals surface area contributed by atoms with Crippen molar-refractivity contribution in [1.82, 2.24) is 9.78 Å². The van der Waals surface area contributed by atoms with Crippen LogP contribution in [0.25, 0.3) is 11.3 Å². The monoisotopic (exact) mass is 574 g/mol. The molecule has 1 atom stereocenters. The van der Waals surface area contributed by atoms with Gasteiger partial charge in [0.2, 0.25) is 0 Å². The van der Waals surface area contributed by atoms with E-state index in [0.717, 1.165) is 35.0 Å². The second-order valence-electron chi connectivity index (χ2n) is 9.35. The highest BCUT2D eigenvalue weighted by molar-refractivity contribution is 6.34. The van der Waals surface area contributed by atoms with Crippen LogP contribution >= 0.6 is 11.6 Å². The van der Waals surface area contributed by atoms with E-state index in [4.69, 9.17) is 11.6 Å². The molecule has 3 aromatic carbocycles. The first-order chi connectivity index (χ1) is 19.0. The molecule has 0 amide bonds. The van der Waals surface area contributed by atoms with Gasteiger partial charge >= 0.3 is 6.18 Å². The minimum absolute atomic E-state index is 0.143. The van der Waals surface area contributed by atoms with E-state index in [1.165, 1.54) is 12.1 Å². The minimum atomic E-state index is -4.89. The number of rotatable bonds is 5. The van der Waals surface area contributed by atoms with E-state index in [9.17, 15) is 27.9 Å². The molecule has 1 unspecified atom stereocenters. The number of hydrogen-bond acceptors (Lipinski definition) is 4. The standard InChI is InChI=1S/C29H20ClF5N2O3/c30-19-11-6-10-18(29(33,34)35)23(19)28(40)37-22-12-5-4-9-17(22)25(36-37)24-20(31)13-16(14-21(24)32)27(39)26(38)15-7-2-1-3-8-15/h1-3,6-8,10-11,13-14,27,39H,4-5,9,12H2. The maximum absolute atomic E-state index is 15.4. The Morgan fingerprint density at radius 1 is 0.950 bits per heavy atom. The summed E-state index contributed by atoms with van der Waals surface area (Å²) in [6.07, 6.45) is -5.04. The van der Waals surface area contributed by atoms with Crippen LogP contribution in [-0.4, -0.2) is 26.6 Å². The van der Waals surface area contributed by atoms with E-state index in [1.54, 1.807) is 18.2 Å². The molecular formula is C29H20ClF5N2O3. The number of aliphatic hydroxyl groups is 1. The summed E-state index contributed by atoms with van der Waals surface area (Å²) in [5.74, 6) is -4.26. The number of aromatic nitrogens is 2. The van der Waals surface area contributed by atoms with E-state index in [0.29, 0.717) is 18.4 Å². The molecule has 0 bridgehead atoms. The molecule has 0 aliphatic heterocycles. The topological polar surface area (TPSA) is 72.2 Å². The predicted octanol–water partition coefficient (Wildman–Crippen LogP) is 6.98. The van der Waals surface area contributed by atoms with E-state index in [-0.39, 0.29) is 35.4 Å². The predicted molar refractivity (Wildman–Crippen MR) is 136 cm³/mol. The lowest BCUT2D eigenvalue weighted by molar-refractivity contribution is -0.137. The molecule has 1 aliphatic rings. The Bertz CT molecular complexity index is 1610. The quantitative estimate of drug-likeness (QED) is 0.206. The second kappa shape index (κ2) is 10.6. The van der Waals surface area contributed by atoms with E-state index < -0.39 is 57.3 Å². The van der Waals surface area contributed by atoms with Crippen molar-refractivity contribution in [3.05, 3.63) is 111 Å². The highest BCUT2D eigenvalue weighted by Gasteiger charge is 2.38. The van der Waals surface area contributed by atoms with Crippen molar-refractivity contribution in [1.29, 1.82) is 0 Å². The number of ketones is 1. The Kier molecular flexibility index (Phi) is 7.32. The van der Waals surface area contributed by atoms with Crippen LogP contribution in [0.15, 0.2) is 60.7 Å². The van der Waals surface area contributed by atoms with Crippen LogP contribution in [0.4, 0.5) is 22.0 Å². The molecule has 0 radical (unpaired) electrons. The number of hydrogen-bond donors (Lipinski definition) is 1. The van der Waals surface area contributed by atoms with Crippen LogP contribution < -0.4 is 0 Å². The Labute approximate surface area is 229 Å². The Morgan fingerprint density at radius 2 is 1.60 bits per heavy atom. The number of Topliss-reactive ketones (excluding diaryl/α,β-unsaturated/α-hetero) is 1. The lowest BCUT2D eigenvalue weighted by Gasteiger charge is -2.16. The maximum Gasteiger partial charge on any atom is 0.417 e. The summed E-state index contributed by atoms with van der Waals surface area (Å²) < 4.78 is 72.7. The van der Waals surface area contributed by atoms with Crippen LogP contribution in [-0.2, 0) is 19.0 Å². The lowest BCUT2D eigenvalue weighted by atomic mass is 9.92. The molecule has 40 heavy (non-hydrogen) atoms. The van der Waals surface area contributed by atoms with Gasteiger partial charge in [-0.3, -0.25) is 9.59 Å². The average molecular weight is 575 g/mol. The average Bonchev–Trinajstić information content (AvgIpc) is 3.30. The number of aliphatic hydroxyl groups excluding tert-OH is 1. The van der Waals surface area contributed by atoms with Gasteiger partial charge < -0.3 is 5.11 Å². The van der Waals surface area contributed by atoms with E-state index in [2.05, 4.69) is 5.10 Å². The Hall–Kier alpha value is -3.89. The molecule has 0 fully saturated rings. The Balaban J connectivity index is 1.60. The SMILES string of the molecule is O=C(c1ccccc1)C(O)c1cc(F)c(-c2nn(C(=O)c3c(Cl)cccc3C(F)(F)F)c3c2CCCC3)c(F)c1. The summed E-state index contributed by atoms with van der Waals surface area (Å²) in [4.78, 5) is 26.0. The summed E-state index contributed by atoms with van der Waals surface area (Å²) >= 11 is 6.02. The fraction of sp³-hybridized carbons (Fsp3) is 0.207. The molecule has 5 rings (SSSR count). The van der Waals surface area contributed by atoms with Crippen molar-refractivity contribution >= 4 is 23.3 Å². The zero-order valence-electron chi connectivity index (χ0n) is 20.6. The van der Waals surface area contributed by atoms with Gasteiger partial charge in [0.05, 0.1) is 27.4 Å². The van der Waals surface area contributed by atoms with Gasteiger partial charge in [0, 0.05) is 11.1 Å². The molecule has 5 nitrogen and oxygen atoms in total. The van der Waals surface area contributed by atoms with Crippen LogP contribution in [0.2, 0.25) is 5.02 Å². The van der Waals surface area contributed by atoms with Crippen LogP contribution in [0.5, 0.6) is 0 Å². The normalized spacial score (nSPS) is 14.1. The maximum atomic E-state index is 15.4. The first-order valence-electron chi connectivity index (χ1n) is 12.3. The van der Waals surface area contributed by atoms with Crippen LogP contribution in [0, 0.1) is 11.6 Å². The van der Waals surface area contributed by atoms with Gasteiger partial charge in [0.1, 0.15) is 23.4 Å². The van der Waals surface area contributed by atoms with Gasteiger partial charge in [0.25, 0.3) is 5.91 Å². The Morgan fingerprint density at radius 3 is 2.25 bits per heavy atom. The largest absolute Gasteiger partial charge is 0.417 e. The molecule has 1 aliphatic carbocycles. The summed E-state index contributed by atoms with van der Waals surface area (Å²) in [6.45, 7) is 0. The first-order valence-corrected chi connectivity index (χ1v) is 12.6. The minimum Gasteiger partial charge on any atom is -0.380 e. The second-order valence-corrected chi connectivity index (χ2v) is 9.76. The van der Waals surface area contributed by atoms with Crippen molar-refractivity contribution in [2.75, 3.05) is 0 Å². The highest BCUT2D eigenvalue weighted by Crippen LogP contribution is 2.39.